The van der Waals surface area contributed by atoms with Gasteiger partial charge in [-0.3, -0.25) is 9.79 Å². The van der Waals surface area contributed by atoms with Crippen molar-refractivity contribution in [2.24, 2.45) is 10.7 Å². The molecule has 1 aliphatic rings. The van der Waals surface area contributed by atoms with E-state index in [1.165, 1.54) is 12.1 Å². The standard InChI is InChI=1S/C25H24FN3O5/c1-33-22-11-8-15(12-23(22)34-2)21-7-5-3-4-6-16(28-21)14-20(27)24(30)29-17-9-10-18(25(31)32)19(26)13-17/h3,5,7-14H,4,6,27H2,1-2H3,(H,29,30)(H,31,32)/b5-3-,20-14-,21-7-,28-16+. The maximum absolute atomic E-state index is 13.9. The van der Waals surface area contributed by atoms with Gasteiger partial charge in [-0.25, -0.2) is 9.18 Å². The van der Waals surface area contributed by atoms with Crippen molar-refractivity contribution < 1.29 is 28.6 Å². The van der Waals surface area contributed by atoms with Crippen LogP contribution in [-0.4, -0.2) is 36.9 Å². The molecule has 0 saturated heterocycles. The lowest BCUT2D eigenvalue weighted by atomic mass is 10.1. The molecule has 1 heterocycles. The maximum Gasteiger partial charge on any atom is 0.338 e. The monoisotopic (exact) mass is 465 g/mol. The van der Waals surface area contributed by atoms with Crippen molar-refractivity contribution >= 4 is 29.0 Å². The van der Waals surface area contributed by atoms with Crippen LogP contribution in [0.15, 0.2) is 71.4 Å². The highest BCUT2D eigenvalue weighted by molar-refractivity contribution is 6.09. The Hall–Kier alpha value is -4.40. The average molecular weight is 465 g/mol. The minimum atomic E-state index is -1.40. The lowest BCUT2D eigenvalue weighted by molar-refractivity contribution is -0.112. The number of aliphatic imine (C=N–C) groups is 1. The number of anilines is 1. The molecule has 0 bridgehead atoms. The number of carboxylic acid groups (broad SMARTS) is 1. The molecule has 0 atom stereocenters. The van der Waals surface area contributed by atoms with E-state index in [1.807, 2.05) is 24.3 Å². The largest absolute Gasteiger partial charge is 0.493 e. The molecule has 2 aromatic carbocycles. The Labute approximate surface area is 195 Å². The van der Waals surface area contributed by atoms with Gasteiger partial charge in [0.1, 0.15) is 5.82 Å². The van der Waals surface area contributed by atoms with E-state index in [4.69, 9.17) is 20.3 Å². The normalized spacial score (nSPS) is 17.8. The zero-order valence-electron chi connectivity index (χ0n) is 18.7. The maximum atomic E-state index is 13.9. The summed E-state index contributed by atoms with van der Waals surface area (Å²) >= 11 is 0. The molecule has 1 aliphatic heterocycles. The number of nitrogens with one attached hydrogen (secondary N) is 1. The van der Waals surface area contributed by atoms with Crippen LogP contribution in [0.3, 0.4) is 0 Å². The minimum Gasteiger partial charge on any atom is -0.493 e. The molecule has 4 N–H and O–H groups in total. The third-order valence-electron chi connectivity index (χ3n) is 4.94. The molecule has 34 heavy (non-hydrogen) atoms. The summed E-state index contributed by atoms with van der Waals surface area (Å²) in [6, 6.07) is 8.70. The zero-order chi connectivity index (χ0) is 24.7. The van der Waals surface area contributed by atoms with Gasteiger partial charge in [0.05, 0.1) is 31.2 Å². The molecule has 0 aliphatic carbocycles. The van der Waals surface area contributed by atoms with Gasteiger partial charge in [-0.1, -0.05) is 12.2 Å². The number of carbonyl (C=O) groups is 2. The fourth-order valence-electron chi connectivity index (χ4n) is 3.21. The van der Waals surface area contributed by atoms with Crippen LogP contribution in [0.1, 0.15) is 28.8 Å². The Bertz CT molecular complexity index is 1230. The van der Waals surface area contributed by atoms with Crippen LogP contribution in [0.25, 0.3) is 5.70 Å². The molecule has 0 saturated carbocycles. The van der Waals surface area contributed by atoms with E-state index in [1.54, 1.807) is 26.4 Å². The summed E-state index contributed by atoms with van der Waals surface area (Å²) in [7, 11) is 3.10. The quantitative estimate of drug-likeness (QED) is 0.528. The van der Waals surface area contributed by atoms with Crippen LogP contribution in [0.2, 0.25) is 0 Å². The Kier molecular flexibility index (Phi) is 7.81. The third-order valence-corrected chi connectivity index (χ3v) is 4.94. The second-order valence-electron chi connectivity index (χ2n) is 7.25. The van der Waals surface area contributed by atoms with Crippen molar-refractivity contribution in [3.63, 3.8) is 0 Å². The molecule has 0 aromatic heterocycles. The molecule has 2 aromatic rings. The molecule has 176 valence electrons. The average Bonchev–Trinajstić information content (AvgIpc) is 2.79. The molecular weight excluding hydrogens is 441 g/mol. The number of aromatic carboxylic acids is 1. The van der Waals surface area contributed by atoms with Crippen LogP contribution in [0.5, 0.6) is 11.5 Å². The molecule has 0 fully saturated rings. The van der Waals surface area contributed by atoms with E-state index < -0.39 is 23.3 Å². The first-order chi connectivity index (χ1) is 16.3. The number of carboxylic acids is 1. The first kappa shape index (κ1) is 24.2. The highest BCUT2D eigenvalue weighted by Crippen LogP contribution is 2.31. The smallest absolute Gasteiger partial charge is 0.338 e. The van der Waals surface area contributed by atoms with Crippen molar-refractivity contribution in [2.75, 3.05) is 19.5 Å². The molecule has 3 rings (SSSR count). The Morgan fingerprint density at radius 3 is 2.59 bits per heavy atom. The van der Waals surface area contributed by atoms with Gasteiger partial charge in [0.2, 0.25) is 0 Å². The molecule has 1 amide bonds. The number of hydrogen-bond donors (Lipinski definition) is 3. The van der Waals surface area contributed by atoms with Crippen LogP contribution < -0.4 is 20.5 Å². The lowest BCUT2D eigenvalue weighted by Crippen LogP contribution is -2.21. The number of nitrogens with zero attached hydrogens (tertiary/aromatic N) is 1. The van der Waals surface area contributed by atoms with E-state index in [-0.39, 0.29) is 11.4 Å². The van der Waals surface area contributed by atoms with Crippen LogP contribution in [0, 0.1) is 5.82 Å². The van der Waals surface area contributed by atoms with Crippen molar-refractivity contribution in [1.29, 1.82) is 0 Å². The van der Waals surface area contributed by atoms with Crippen molar-refractivity contribution in [1.82, 2.24) is 0 Å². The minimum absolute atomic E-state index is 0.0808. The Morgan fingerprint density at radius 2 is 1.91 bits per heavy atom. The molecule has 8 nitrogen and oxygen atoms in total. The summed E-state index contributed by atoms with van der Waals surface area (Å²) in [5.74, 6) is -1.89. The topological polar surface area (TPSA) is 123 Å². The number of allylic oxidation sites excluding steroid dienone is 4. The molecule has 0 unspecified atom stereocenters. The fraction of sp³-hybridized carbons (Fsp3) is 0.160. The number of carbonyl (C=O) groups excluding carboxylic acids is 1. The predicted octanol–water partition coefficient (Wildman–Crippen LogP) is 4.15. The van der Waals surface area contributed by atoms with Gasteiger partial charge in [0, 0.05) is 17.0 Å². The second-order valence-corrected chi connectivity index (χ2v) is 7.25. The van der Waals surface area contributed by atoms with Gasteiger partial charge in [-0.05, 0) is 61.4 Å². The SMILES string of the molecule is COc1ccc(C2=C/C=C\CCC(/C=C(\N)C(=O)Nc3ccc(C(=O)O)c(F)c3)=N\2)cc1OC. The molecule has 9 heteroatoms. The summed E-state index contributed by atoms with van der Waals surface area (Å²) in [4.78, 5) is 28.1. The van der Waals surface area contributed by atoms with Gasteiger partial charge in [0.25, 0.3) is 5.91 Å². The number of halogens is 1. The number of hydrogen-bond acceptors (Lipinski definition) is 6. The number of methoxy groups -OCH3 is 2. The summed E-state index contributed by atoms with van der Waals surface area (Å²) in [6.45, 7) is 0. The van der Waals surface area contributed by atoms with Crippen LogP contribution in [-0.2, 0) is 4.79 Å². The molecule has 0 radical (unpaired) electrons. The first-order valence-corrected chi connectivity index (χ1v) is 10.3. The van der Waals surface area contributed by atoms with E-state index in [0.717, 1.165) is 17.7 Å². The van der Waals surface area contributed by atoms with Crippen LogP contribution in [0.4, 0.5) is 10.1 Å². The Morgan fingerprint density at radius 1 is 1.15 bits per heavy atom. The van der Waals surface area contributed by atoms with Crippen molar-refractivity contribution in [2.45, 2.75) is 12.8 Å². The van der Waals surface area contributed by atoms with Gasteiger partial charge >= 0.3 is 5.97 Å². The predicted molar refractivity (Wildman–Crippen MR) is 128 cm³/mol. The van der Waals surface area contributed by atoms with Gasteiger partial charge in [-0.2, -0.15) is 0 Å². The van der Waals surface area contributed by atoms with E-state index in [9.17, 15) is 14.0 Å². The van der Waals surface area contributed by atoms with Crippen molar-refractivity contribution in [3.05, 3.63) is 83.3 Å². The third kappa shape index (κ3) is 5.89. The zero-order valence-corrected chi connectivity index (χ0v) is 18.7. The number of benzene rings is 2. The fourth-order valence-corrected chi connectivity index (χ4v) is 3.21. The van der Waals surface area contributed by atoms with Gasteiger partial charge in [0.15, 0.2) is 11.5 Å². The first-order valence-electron chi connectivity index (χ1n) is 10.3. The highest BCUT2D eigenvalue weighted by Gasteiger charge is 2.14. The summed E-state index contributed by atoms with van der Waals surface area (Å²) in [5.41, 5.74) is 7.44. The molecule has 0 spiro atoms. The summed E-state index contributed by atoms with van der Waals surface area (Å²) in [5, 5.41) is 11.4. The molecular formula is C25H24FN3O5. The van der Waals surface area contributed by atoms with E-state index in [2.05, 4.69) is 10.3 Å². The van der Waals surface area contributed by atoms with Crippen molar-refractivity contribution in [3.8, 4) is 11.5 Å². The Balaban J connectivity index is 1.84. The van der Waals surface area contributed by atoms with E-state index in [0.29, 0.717) is 35.7 Å². The van der Waals surface area contributed by atoms with Gasteiger partial charge in [-0.15, -0.1) is 0 Å². The summed E-state index contributed by atoms with van der Waals surface area (Å²) in [6.07, 6.45) is 8.43. The number of nitrogens with two attached hydrogens (primary N) is 1. The number of amides is 1. The highest BCUT2D eigenvalue weighted by atomic mass is 19.1. The lowest BCUT2D eigenvalue weighted by Gasteiger charge is -2.12. The van der Waals surface area contributed by atoms with E-state index >= 15 is 0 Å². The number of rotatable bonds is 7. The number of ether oxygens (including phenoxy) is 2. The second kappa shape index (κ2) is 11.0. The summed E-state index contributed by atoms with van der Waals surface area (Å²) < 4.78 is 24.5. The van der Waals surface area contributed by atoms with Crippen LogP contribution >= 0.6 is 0 Å². The van der Waals surface area contributed by atoms with Gasteiger partial charge < -0.3 is 25.6 Å².